The normalized spacial score (nSPS) is 14.6. The van der Waals surface area contributed by atoms with Crippen LogP contribution in [-0.4, -0.2) is 25.5 Å². The van der Waals surface area contributed by atoms with E-state index in [4.69, 9.17) is 10.7 Å². The van der Waals surface area contributed by atoms with Crippen LogP contribution in [0.3, 0.4) is 0 Å². The van der Waals surface area contributed by atoms with Gasteiger partial charge in [-0.25, -0.2) is 4.79 Å². The van der Waals surface area contributed by atoms with Crippen LogP contribution in [0.4, 0.5) is 5.82 Å². The van der Waals surface area contributed by atoms with Crippen LogP contribution in [0, 0.1) is 20.8 Å². The van der Waals surface area contributed by atoms with E-state index in [-0.39, 0.29) is 5.82 Å². The van der Waals surface area contributed by atoms with Gasteiger partial charge < -0.3 is 5.73 Å². The predicted molar refractivity (Wildman–Crippen MR) is 132 cm³/mol. The number of rotatable bonds is 7. The molecular weight excluding hydrogens is 430 g/mol. The Morgan fingerprint density at radius 3 is 2.38 bits per heavy atom. The molecule has 1 aliphatic rings. The van der Waals surface area contributed by atoms with Crippen molar-refractivity contribution < 1.29 is 4.79 Å². The van der Waals surface area contributed by atoms with Crippen molar-refractivity contribution in [3.8, 4) is 5.69 Å². The number of pyridine rings is 1. The number of carbonyl (C=O) groups is 1. The number of hydrogen-bond donors (Lipinski definition) is 2. The molecule has 4 rings (SSSR count). The van der Waals surface area contributed by atoms with Gasteiger partial charge in [0, 0.05) is 18.5 Å². The van der Waals surface area contributed by atoms with Crippen LogP contribution in [-0.2, 0) is 16.6 Å². The number of nitrogens with zero attached hydrogens (tertiary/aromatic N) is 3. The molecule has 1 aliphatic carbocycles. The van der Waals surface area contributed by atoms with Gasteiger partial charge in [0.1, 0.15) is 5.78 Å². The Balaban J connectivity index is 1.70. The fourth-order valence-corrected chi connectivity index (χ4v) is 4.94. The first-order valence-corrected chi connectivity index (χ1v) is 11.8. The Hall–Kier alpha value is -3.55. The molecule has 178 valence electrons. The first-order valence-electron chi connectivity index (χ1n) is 11.8. The average molecular weight is 462 g/mol. The van der Waals surface area contributed by atoms with E-state index in [1.165, 1.54) is 0 Å². The molecule has 3 aromatic rings. The lowest BCUT2D eigenvalue weighted by Crippen LogP contribution is -2.43. The second-order valence-corrected chi connectivity index (χ2v) is 9.37. The third kappa shape index (κ3) is 4.08. The number of aromatic nitrogens is 4. The Labute approximate surface area is 198 Å². The van der Waals surface area contributed by atoms with Crippen LogP contribution < -0.4 is 17.0 Å². The molecule has 2 aromatic heterocycles. The summed E-state index contributed by atoms with van der Waals surface area (Å²) in [7, 11) is 0. The maximum absolute atomic E-state index is 13.0. The average Bonchev–Trinajstić information content (AvgIpc) is 2.74. The molecule has 34 heavy (non-hydrogen) atoms. The number of nitrogen functional groups attached to an aromatic ring is 1. The fraction of sp³-hybridized carbons (Fsp3) is 0.423. The number of H-pyrrole nitrogens is 1. The summed E-state index contributed by atoms with van der Waals surface area (Å²) in [6.45, 7) is 8.02. The Bertz CT molecular complexity index is 1360. The molecule has 0 aliphatic heterocycles. The van der Waals surface area contributed by atoms with Crippen LogP contribution in [0.5, 0.6) is 0 Å². The summed E-state index contributed by atoms with van der Waals surface area (Å²) in [4.78, 5) is 44.0. The zero-order chi connectivity index (χ0) is 24.6. The SMILES string of the molecule is CCCC(=O)C1(c2nc(Cc3c(C)cc(-n4nc(N)c(=O)[nH]c4=O)cc3C)ccc2C)CCC1. The Morgan fingerprint density at radius 1 is 1.12 bits per heavy atom. The molecular formula is C26H31N5O3. The summed E-state index contributed by atoms with van der Waals surface area (Å²) < 4.78 is 1.10. The molecule has 8 nitrogen and oxygen atoms in total. The molecule has 1 fully saturated rings. The van der Waals surface area contributed by atoms with Gasteiger partial charge in [-0.15, -0.1) is 5.10 Å². The summed E-state index contributed by atoms with van der Waals surface area (Å²) in [5.74, 6) is 0.0433. The second-order valence-electron chi connectivity index (χ2n) is 9.37. The van der Waals surface area contributed by atoms with Gasteiger partial charge >= 0.3 is 5.69 Å². The third-order valence-electron chi connectivity index (χ3n) is 6.96. The number of nitrogens with one attached hydrogen (secondary N) is 1. The maximum atomic E-state index is 13.0. The van der Waals surface area contributed by atoms with E-state index in [1.807, 2.05) is 45.9 Å². The van der Waals surface area contributed by atoms with Gasteiger partial charge in [0.15, 0.2) is 0 Å². The summed E-state index contributed by atoms with van der Waals surface area (Å²) in [6, 6.07) is 7.79. The van der Waals surface area contributed by atoms with Gasteiger partial charge in [0.25, 0.3) is 5.56 Å². The van der Waals surface area contributed by atoms with Crippen molar-refractivity contribution in [2.45, 2.75) is 71.6 Å². The highest BCUT2D eigenvalue weighted by molar-refractivity contribution is 5.91. The van der Waals surface area contributed by atoms with Gasteiger partial charge in [-0.3, -0.25) is 19.6 Å². The zero-order valence-corrected chi connectivity index (χ0v) is 20.2. The maximum Gasteiger partial charge on any atom is 0.349 e. The van der Waals surface area contributed by atoms with Crippen LogP contribution in [0.15, 0.2) is 33.9 Å². The predicted octanol–water partition coefficient (Wildman–Crippen LogP) is 3.20. The lowest BCUT2D eigenvalue weighted by Gasteiger charge is -2.41. The number of anilines is 1. The number of aryl methyl sites for hydroxylation is 3. The summed E-state index contributed by atoms with van der Waals surface area (Å²) in [6.07, 6.45) is 4.86. The fourth-order valence-electron chi connectivity index (χ4n) is 4.94. The zero-order valence-electron chi connectivity index (χ0n) is 20.2. The highest BCUT2D eigenvalue weighted by Crippen LogP contribution is 2.46. The van der Waals surface area contributed by atoms with Gasteiger partial charge in [0.2, 0.25) is 5.82 Å². The number of Topliss-reactive ketones (excluding diaryl/α,β-unsaturated/α-hetero) is 1. The van der Waals surface area contributed by atoms with Crippen molar-refractivity contribution >= 4 is 11.6 Å². The number of nitrogens with two attached hydrogens (primary N) is 1. The largest absolute Gasteiger partial charge is 0.378 e. The second kappa shape index (κ2) is 9.00. The van der Waals surface area contributed by atoms with Gasteiger partial charge in [-0.05, 0) is 80.5 Å². The lowest BCUT2D eigenvalue weighted by molar-refractivity contribution is -0.127. The van der Waals surface area contributed by atoms with E-state index in [0.29, 0.717) is 24.3 Å². The molecule has 3 N–H and O–H groups in total. The quantitative estimate of drug-likeness (QED) is 0.557. The number of hydrogen-bond acceptors (Lipinski definition) is 6. The number of ketones is 1. The number of benzene rings is 1. The van der Waals surface area contributed by atoms with E-state index < -0.39 is 16.7 Å². The molecule has 8 heteroatoms. The van der Waals surface area contributed by atoms with Crippen molar-refractivity contribution in [1.29, 1.82) is 0 Å². The molecule has 0 bridgehead atoms. The van der Waals surface area contributed by atoms with Gasteiger partial charge in [0.05, 0.1) is 16.8 Å². The van der Waals surface area contributed by atoms with E-state index in [9.17, 15) is 14.4 Å². The molecule has 1 aromatic carbocycles. The molecule has 0 atom stereocenters. The smallest absolute Gasteiger partial charge is 0.349 e. The van der Waals surface area contributed by atoms with E-state index >= 15 is 0 Å². The molecule has 0 radical (unpaired) electrons. The molecule has 0 unspecified atom stereocenters. The number of aromatic amines is 1. The minimum Gasteiger partial charge on any atom is -0.378 e. The lowest BCUT2D eigenvalue weighted by atomic mass is 9.62. The highest BCUT2D eigenvalue weighted by atomic mass is 16.2. The van der Waals surface area contributed by atoms with Gasteiger partial charge in [-0.1, -0.05) is 19.4 Å². The molecule has 1 saturated carbocycles. The first-order chi connectivity index (χ1) is 16.2. The Morgan fingerprint density at radius 2 is 1.79 bits per heavy atom. The summed E-state index contributed by atoms with van der Waals surface area (Å²) in [5, 5.41) is 3.93. The van der Waals surface area contributed by atoms with Crippen molar-refractivity contribution in [3.05, 3.63) is 78.7 Å². The minimum absolute atomic E-state index is 0.266. The number of carbonyl (C=O) groups excluding carboxylic acids is 1. The van der Waals surface area contributed by atoms with E-state index in [1.54, 1.807) is 0 Å². The van der Waals surface area contributed by atoms with Gasteiger partial charge in [-0.2, -0.15) is 4.68 Å². The van der Waals surface area contributed by atoms with Crippen LogP contribution in [0.1, 0.15) is 72.7 Å². The summed E-state index contributed by atoms with van der Waals surface area (Å²) >= 11 is 0. The Kier molecular flexibility index (Phi) is 6.25. The molecule has 0 spiro atoms. The monoisotopic (exact) mass is 461 g/mol. The molecule has 2 heterocycles. The van der Waals surface area contributed by atoms with Crippen molar-refractivity contribution in [2.75, 3.05) is 5.73 Å². The topological polar surface area (TPSA) is 124 Å². The molecule has 0 amide bonds. The van der Waals surface area contributed by atoms with Crippen LogP contribution in [0.2, 0.25) is 0 Å². The third-order valence-corrected chi connectivity index (χ3v) is 6.96. The van der Waals surface area contributed by atoms with E-state index in [2.05, 4.69) is 16.1 Å². The van der Waals surface area contributed by atoms with E-state index in [0.717, 1.165) is 64.0 Å². The van der Waals surface area contributed by atoms with Crippen LogP contribution >= 0.6 is 0 Å². The summed E-state index contributed by atoms with van der Waals surface area (Å²) in [5.41, 5.74) is 10.3. The standard InChI is InChI=1S/C26H31N5O3/c1-5-7-21(32)26(10-6-11-26)22-15(2)8-9-18(28-22)14-20-16(3)12-19(13-17(20)4)31-25(34)29-24(33)23(27)30-31/h8-9,12-13H,5-7,10-11,14H2,1-4H3,(H2,27,30)(H,29,33,34). The van der Waals surface area contributed by atoms with Crippen molar-refractivity contribution in [1.82, 2.24) is 19.7 Å². The van der Waals surface area contributed by atoms with Crippen molar-refractivity contribution in [3.63, 3.8) is 0 Å². The van der Waals surface area contributed by atoms with Crippen molar-refractivity contribution in [2.24, 2.45) is 0 Å². The highest BCUT2D eigenvalue weighted by Gasteiger charge is 2.46. The first kappa shape index (κ1) is 23.6. The minimum atomic E-state index is -0.700. The van der Waals surface area contributed by atoms with Crippen LogP contribution in [0.25, 0.3) is 5.69 Å². The molecule has 0 saturated heterocycles.